The molecule has 2 atom stereocenters. The molecule has 0 aromatic carbocycles. The molecule has 1 saturated heterocycles. The second kappa shape index (κ2) is 8.65. The van der Waals surface area contributed by atoms with Crippen molar-refractivity contribution in [1.29, 1.82) is 0 Å². The first kappa shape index (κ1) is 22.4. The highest BCUT2D eigenvalue weighted by molar-refractivity contribution is 7.09. The Kier molecular flexibility index (Phi) is 6.93. The van der Waals surface area contributed by atoms with Gasteiger partial charge in [0.1, 0.15) is 11.3 Å². The van der Waals surface area contributed by atoms with E-state index in [2.05, 4.69) is 20.6 Å². The van der Waals surface area contributed by atoms with Crippen LogP contribution in [0.25, 0.3) is 0 Å². The minimum Gasteiger partial charge on any atom is -0.444 e. The maximum atomic E-state index is 12.8. The first-order valence-corrected chi connectivity index (χ1v) is 10.4. The smallest absolute Gasteiger partial charge is 0.412 e. The van der Waals surface area contributed by atoms with Gasteiger partial charge in [-0.2, -0.15) is 0 Å². The number of thiazole rings is 1. The van der Waals surface area contributed by atoms with E-state index in [1.54, 1.807) is 23.3 Å². The maximum Gasteiger partial charge on any atom is 0.412 e. The van der Waals surface area contributed by atoms with Crippen LogP contribution in [0.3, 0.4) is 0 Å². The number of ether oxygens (including phenoxy) is 2. The molecular formula is C19H33N5O3S. The topological polar surface area (TPSA) is 88.1 Å². The summed E-state index contributed by atoms with van der Waals surface area (Å²) in [4.78, 5) is 24.2. The van der Waals surface area contributed by atoms with E-state index in [0.29, 0.717) is 19.0 Å². The number of aromatic nitrogens is 1. The maximum absolute atomic E-state index is 12.8. The number of nitrogens with zero attached hydrogens (tertiary/aromatic N) is 3. The van der Waals surface area contributed by atoms with Gasteiger partial charge in [0.05, 0.1) is 29.9 Å². The molecule has 1 amide bonds. The Morgan fingerprint density at radius 2 is 2.11 bits per heavy atom. The first-order chi connectivity index (χ1) is 12.9. The highest BCUT2D eigenvalue weighted by Gasteiger charge is 2.49. The Balaban J connectivity index is 2.02. The van der Waals surface area contributed by atoms with E-state index in [-0.39, 0.29) is 18.2 Å². The van der Waals surface area contributed by atoms with Crippen LogP contribution in [0.1, 0.15) is 52.1 Å². The minimum atomic E-state index is -0.745. The van der Waals surface area contributed by atoms with E-state index in [4.69, 9.17) is 9.47 Å². The van der Waals surface area contributed by atoms with Gasteiger partial charge in [0.25, 0.3) is 0 Å². The van der Waals surface area contributed by atoms with Crippen LogP contribution in [-0.4, -0.2) is 59.0 Å². The van der Waals surface area contributed by atoms with Crippen LogP contribution in [0, 0.1) is 6.92 Å². The van der Waals surface area contributed by atoms with Crippen molar-refractivity contribution in [2.45, 2.75) is 78.5 Å². The Morgan fingerprint density at radius 1 is 1.43 bits per heavy atom. The van der Waals surface area contributed by atoms with Crippen molar-refractivity contribution in [3.05, 3.63) is 16.1 Å². The third kappa shape index (κ3) is 5.57. The van der Waals surface area contributed by atoms with Crippen molar-refractivity contribution in [1.82, 2.24) is 20.5 Å². The molecule has 0 radical (unpaired) electrons. The SMILES string of the molecule is CN=C(NCc1scnc1C)NCC1C(C)OC(C)(C)N1C(=O)OC(C)(C)C. The molecule has 1 fully saturated rings. The van der Waals surface area contributed by atoms with Crippen molar-refractivity contribution in [3.63, 3.8) is 0 Å². The quantitative estimate of drug-likeness (QED) is 0.585. The average Bonchev–Trinajstić information content (AvgIpc) is 3.05. The van der Waals surface area contributed by atoms with Crippen LogP contribution in [0.5, 0.6) is 0 Å². The second-order valence-corrected chi connectivity index (χ2v) is 9.29. The monoisotopic (exact) mass is 411 g/mol. The van der Waals surface area contributed by atoms with Gasteiger partial charge in [-0.25, -0.2) is 9.78 Å². The van der Waals surface area contributed by atoms with E-state index < -0.39 is 11.3 Å². The van der Waals surface area contributed by atoms with E-state index >= 15 is 0 Å². The summed E-state index contributed by atoms with van der Waals surface area (Å²) in [5.41, 5.74) is 1.54. The molecule has 1 aromatic rings. The molecule has 1 aliphatic heterocycles. The van der Waals surface area contributed by atoms with Gasteiger partial charge in [0.2, 0.25) is 0 Å². The van der Waals surface area contributed by atoms with Gasteiger partial charge in [-0.1, -0.05) is 0 Å². The van der Waals surface area contributed by atoms with Gasteiger partial charge < -0.3 is 20.1 Å². The minimum absolute atomic E-state index is 0.142. The number of rotatable bonds is 4. The lowest BCUT2D eigenvalue weighted by atomic mass is 10.1. The van der Waals surface area contributed by atoms with Crippen molar-refractivity contribution < 1.29 is 14.3 Å². The van der Waals surface area contributed by atoms with Gasteiger partial charge in [0, 0.05) is 18.5 Å². The fraction of sp³-hybridized carbons (Fsp3) is 0.737. The lowest BCUT2D eigenvalue weighted by Gasteiger charge is -2.35. The normalized spacial score (nSPS) is 22.3. The van der Waals surface area contributed by atoms with Gasteiger partial charge in [0.15, 0.2) is 5.96 Å². The molecule has 0 aliphatic carbocycles. The lowest BCUT2D eigenvalue weighted by Crippen LogP contribution is -2.54. The summed E-state index contributed by atoms with van der Waals surface area (Å²) in [5.74, 6) is 0.661. The van der Waals surface area contributed by atoms with Gasteiger partial charge in [-0.15, -0.1) is 11.3 Å². The summed E-state index contributed by atoms with van der Waals surface area (Å²) in [7, 11) is 1.72. The van der Waals surface area contributed by atoms with Gasteiger partial charge in [-0.3, -0.25) is 9.89 Å². The third-order valence-corrected chi connectivity index (χ3v) is 5.42. The van der Waals surface area contributed by atoms with Crippen molar-refractivity contribution in [3.8, 4) is 0 Å². The summed E-state index contributed by atoms with van der Waals surface area (Å²) >= 11 is 1.61. The molecule has 0 spiro atoms. The average molecular weight is 412 g/mol. The summed E-state index contributed by atoms with van der Waals surface area (Å²) in [6.07, 6.45) is -0.520. The predicted molar refractivity (Wildman–Crippen MR) is 112 cm³/mol. The number of aryl methyl sites for hydroxylation is 1. The third-order valence-electron chi connectivity index (χ3n) is 4.48. The standard InChI is InChI=1S/C19H33N5O3S/c1-12-15(28-11-23-12)10-22-16(20-8)21-9-14-13(2)26-19(6,7)24(14)17(25)27-18(3,4)5/h11,13-14H,9-10H2,1-8H3,(H2,20,21,22). The Hall–Kier alpha value is -1.87. The first-order valence-electron chi connectivity index (χ1n) is 9.48. The fourth-order valence-electron chi connectivity index (χ4n) is 3.20. The van der Waals surface area contributed by atoms with Crippen molar-refractivity contribution in [2.75, 3.05) is 13.6 Å². The molecule has 2 N–H and O–H groups in total. The van der Waals surface area contributed by atoms with E-state index in [0.717, 1.165) is 10.6 Å². The highest BCUT2D eigenvalue weighted by atomic mass is 32.1. The summed E-state index contributed by atoms with van der Waals surface area (Å²) < 4.78 is 11.6. The van der Waals surface area contributed by atoms with Crippen LogP contribution in [0.2, 0.25) is 0 Å². The van der Waals surface area contributed by atoms with Gasteiger partial charge in [-0.05, 0) is 48.5 Å². The summed E-state index contributed by atoms with van der Waals surface area (Å²) in [6.45, 7) is 14.4. The molecule has 2 heterocycles. The number of hydrogen-bond donors (Lipinski definition) is 2. The summed E-state index contributed by atoms with van der Waals surface area (Å²) in [5, 5.41) is 6.59. The number of guanidine groups is 1. The highest BCUT2D eigenvalue weighted by Crippen LogP contribution is 2.33. The van der Waals surface area contributed by atoms with E-state index in [9.17, 15) is 4.79 Å². The molecular weight excluding hydrogens is 378 g/mol. The van der Waals surface area contributed by atoms with Gasteiger partial charge >= 0.3 is 6.09 Å². The zero-order chi connectivity index (χ0) is 21.1. The molecule has 0 bridgehead atoms. The van der Waals surface area contributed by atoms with Crippen molar-refractivity contribution >= 4 is 23.4 Å². The summed E-state index contributed by atoms with van der Waals surface area (Å²) in [6, 6.07) is -0.187. The molecule has 2 rings (SSSR count). The Labute approximate surface area is 171 Å². The number of carbonyl (C=O) groups is 1. The zero-order valence-corrected chi connectivity index (χ0v) is 18.9. The Bertz CT molecular complexity index is 711. The number of nitrogens with one attached hydrogen (secondary N) is 2. The lowest BCUT2D eigenvalue weighted by molar-refractivity contribution is -0.0755. The van der Waals surface area contributed by atoms with Crippen LogP contribution in [0.15, 0.2) is 10.5 Å². The van der Waals surface area contributed by atoms with E-state index in [1.165, 1.54) is 0 Å². The molecule has 1 aromatic heterocycles. The largest absolute Gasteiger partial charge is 0.444 e. The Morgan fingerprint density at radius 3 is 2.64 bits per heavy atom. The predicted octanol–water partition coefficient (Wildman–Crippen LogP) is 2.88. The van der Waals surface area contributed by atoms with Crippen LogP contribution in [-0.2, 0) is 16.0 Å². The molecule has 9 heteroatoms. The zero-order valence-electron chi connectivity index (χ0n) is 18.1. The van der Waals surface area contributed by atoms with Crippen molar-refractivity contribution in [2.24, 2.45) is 4.99 Å². The van der Waals surface area contributed by atoms with Crippen LogP contribution < -0.4 is 10.6 Å². The molecule has 1 aliphatic rings. The second-order valence-electron chi connectivity index (χ2n) is 8.36. The van der Waals surface area contributed by atoms with Crippen LogP contribution >= 0.6 is 11.3 Å². The molecule has 158 valence electrons. The number of carbonyl (C=O) groups excluding carboxylic acids is 1. The fourth-order valence-corrected chi connectivity index (χ4v) is 3.92. The number of aliphatic imine (C=N–C) groups is 1. The molecule has 0 saturated carbocycles. The molecule has 8 nitrogen and oxygen atoms in total. The number of hydrogen-bond acceptors (Lipinski definition) is 6. The van der Waals surface area contributed by atoms with Crippen LogP contribution in [0.4, 0.5) is 4.79 Å². The molecule has 28 heavy (non-hydrogen) atoms. The molecule has 2 unspecified atom stereocenters. The number of amides is 1. The van der Waals surface area contributed by atoms with E-state index in [1.807, 2.05) is 54.0 Å².